The molecule has 1 aliphatic carbocycles. The van der Waals surface area contributed by atoms with Crippen LogP contribution in [0.2, 0.25) is 5.15 Å². The summed E-state index contributed by atoms with van der Waals surface area (Å²) in [5.41, 5.74) is 0.600. The SMILES string of the molecule is Clc1ccccn1.O=COC1=CC(=O)c2ccccc2C1=O. The fraction of sp³-hybridized carbons (Fsp3) is 0. The minimum atomic E-state index is -0.447. The van der Waals surface area contributed by atoms with E-state index in [2.05, 4.69) is 9.72 Å². The maximum Gasteiger partial charge on any atom is 0.298 e. The predicted octanol–water partition coefficient (Wildman–Crippen LogP) is 2.86. The number of hydrogen-bond acceptors (Lipinski definition) is 5. The van der Waals surface area contributed by atoms with Crippen LogP contribution in [0.3, 0.4) is 0 Å². The van der Waals surface area contributed by atoms with Crippen molar-refractivity contribution in [2.75, 3.05) is 0 Å². The Morgan fingerprint density at radius 2 is 1.68 bits per heavy atom. The molecule has 6 heteroatoms. The van der Waals surface area contributed by atoms with Crippen LogP contribution in [-0.2, 0) is 9.53 Å². The molecule has 0 saturated carbocycles. The maximum absolute atomic E-state index is 11.6. The Balaban J connectivity index is 0.000000211. The van der Waals surface area contributed by atoms with Crippen molar-refractivity contribution >= 4 is 29.6 Å². The van der Waals surface area contributed by atoms with E-state index in [9.17, 15) is 14.4 Å². The third kappa shape index (κ3) is 3.65. The van der Waals surface area contributed by atoms with E-state index in [1.807, 2.05) is 12.1 Å². The molecular weight excluding hydrogens is 306 g/mol. The van der Waals surface area contributed by atoms with E-state index in [-0.39, 0.29) is 23.6 Å². The van der Waals surface area contributed by atoms with Gasteiger partial charge in [-0.2, -0.15) is 0 Å². The van der Waals surface area contributed by atoms with Crippen molar-refractivity contribution in [1.82, 2.24) is 4.98 Å². The average Bonchev–Trinajstić information content (AvgIpc) is 2.54. The normalized spacial score (nSPS) is 12.5. The summed E-state index contributed by atoms with van der Waals surface area (Å²) < 4.78 is 4.43. The van der Waals surface area contributed by atoms with Gasteiger partial charge in [-0.1, -0.05) is 41.9 Å². The molecule has 5 nitrogen and oxygen atoms in total. The molecule has 1 aromatic heterocycles. The number of aromatic nitrogens is 1. The van der Waals surface area contributed by atoms with Crippen molar-refractivity contribution in [3.05, 3.63) is 76.8 Å². The summed E-state index contributed by atoms with van der Waals surface area (Å²) in [5.74, 6) is -1.01. The van der Waals surface area contributed by atoms with E-state index in [4.69, 9.17) is 11.6 Å². The van der Waals surface area contributed by atoms with E-state index >= 15 is 0 Å². The first-order valence-electron chi connectivity index (χ1n) is 6.20. The summed E-state index contributed by atoms with van der Waals surface area (Å²) in [6.45, 7) is 0.130. The van der Waals surface area contributed by atoms with Gasteiger partial charge in [-0.15, -0.1) is 0 Å². The zero-order chi connectivity index (χ0) is 15.9. The molecule has 0 N–H and O–H groups in total. The maximum atomic E-state index is 11.6. The standard InChI is InChI=1S/C11H6O4.C5H4ClN/c12-6-15-10-5-9(13)7-3-1-2-4-8(7)11(10)14;6-5-3-1-2-4-7-5/h1-6H;1-4H. The van der Waals surface area contributed by atoms with Crippen LogP contribution in [0.4, 0.5) is 0 Å². The predicted molar refractivity (Wildman–Crippen MR) is 79.6 cm³/mol. The van der Waals surface area contributed by atoms with Crippen LogP contribution in [0.5, 0.6) is 0 Å². The number of Topliss-reactive ketones (excluding diaryl/α,β-unsaturated/α-hetero) is 1. The van der Waals surface area contributed by atoms with Crippen molar-refractivity contribution in [3.63, 3.8) is 0 Å². The fourth-order valence-corrected chi connectivity index (χ4v) is 1.90. The molecule has 0 saturated heterocycles. The topological polar surface area (TPSA) is 73.3 Å². The van der Waals surface area contributed by atoms with E-state index in [1.165, 1.54) is 6.07 Å². The molecule has 0 amide bonds. The number of rotatable bonds is 2. The molecule has 0 atom stereocenters. The van der Waals surface area contributed by atoms with Gasteiger partial charge in [0.2, 0.25) is 5.78 Å². The number of fused-ring (bicyclic) bond motifs is 1. The Hall–Kier alpha value is -2.79. The number of ketones is 2. The first-order valence-corrected chi connectivity index (χ1v) is 6.58. The highest BCUT2D eigenvalue weighted by molar-refractivity contribution is 6.29. The van der Waals surface area contributed by atoms with Gasteiger partial charge in [0.15, 0.2) is 11.5 Å². The number of benzene rings is 1. The molecule has 0 bridgehead atoms. The van der Waals surface area contributed by atoms with Crippen LogP contribution in [0.1, 0.15) is 20.7 Å². The van der Waals surface area contributed by atoms with Gasteiger partial charge in [-0.05, 0) is 12.1 Å². The monoisotopic (exact) mass is 315 g/mol. The second kappa shape index (κ2) is 7.28. The minimum absolute atomic E-state index is 0.130. The number of ether oxygens (including phenoxy) is 1. The van der Waals surface area contributed by atoms with Crippen molar-refractivity contribution in [2.45, 2.75) is 0 Å². The summed E-state index contributed by atoms with van der Waals surface area (Å²) in [4.78, 5) is 37.0. The minimum Gasteiger partial charge on any atom is -0.424 e. The van der Waals surface area contributed by atoms with Gasteiger partial charge >= 0.3 is 0 Å². The number of carbonyl (C=O) groups is 3. The summed E-state index contributed by atoms with van der Waals surface area (Å²) in [7, 11) is 0. The van der Waals surface area contributed by atoms with Crippen LogP contribution in [0, 0.1) is 0 Å². The number of nitrogens with zero attached hydrogens (tertiary/aromatic N) is 1. The summed E-state index contributed by atoms with van der Waals surface area (Å²) in [6, 6.07) is 11.8. The number of allylic oxidation sites excluding steroid dienone is 2. The Morgan fingerprint density at radius 1 is 1.00 bits per heavy atom. The van der Waals surface area contributed by atoms with Gasteiger partial charge < -0.3 is 4.74 Å². The van der Waals surface area contributed by atoms with Crippen LogP contribution in [0.25, 0.3) is 0 Å². The highest BCUT2D eigenvalue weighted by Crippen LogP contribution is 2.20. The van der Waals surface area contributed by atoms with Gasteiger partial charge in [-0.25, -0.2) is 4.98 Å². The lowest BCUT2D eigenvalue weighted by atomic mass is 9.94. The lowest BCUT2D eigenvalue weighted by molar-refractivity contribution is -0.124. The van der Waals surface area contributed by atoms with E-state index in [0.29, 0.717) is 10.7 Å². The second-order valence-electron chi connectivity index (χ2n) is 4.11. The van der Waals surface area contributed by atoms with Crippen molar-refractivity contribution in [3.8, 4) is 0 Å². The Bertz CT molecular complexity index is 741. The quantitative estimate of drug-likeness (QED) is 0.629. The number of hydrogen-bond donors (Lipinski definition) is 0. The fourth-order valence-electron chi connectivity index (χ4n) is 1.77. The summed E-state index contributed by atoms with van der Waals surface area (Å²) in [5, 5.41) is 0.544. The molecule has 3 rings (SSSR count). The van der Waals surface area contributed by atoms with Gasteiger partial charge in [0.1, 0.15) is 5.15 Å². The number of carbonyl (C=O) groups excluding carboxylic acids is 3. The van der Waals surface area contributed by atoms with Crippen LogP contribution < -0.4 is 0 Å². The zero-order valence-corrected chi connectivity index (χ0v) is 12.0. The molecule has 2 aromatic rings. The first kappa shape index (κ1) is 15.6. The van der Waals surface area contributed by atoms with Gasteiger partial charge in [0.25, 0.3) is 6.47 Å². The van der Waals surface area contributed by atoms with E-state index < -0.39 is 5.78 Å². The van der Waals surface area contributed by atoms with Gasteiger partial charge in [0.05, 0.1) is 0 Å². The first-order chi connectivity index (χ1) is 10.6. The third-order valence-electron chi connectivity index (χ3n) is 2.73. The Kier molecular flexibility index (Phi) is 5.16. The highest BCUT2D eigenvalue weighted by Gasteiger charge is 2.26. The molecule has 22 heavy (non-hydrogen) atoms. The van der Waals surface area contributed by atoms with Gasteiger partial charge in [0, 0.05) is 23.4 Å². The largest absolute Gasteiger partial charge is 0.424 e. The van der Waals surface area contributed by atoms with E-state index in [1.54, 1.807) is 30.5 Å². The van der Waals surface area contributed by atoms with Crippen molar-refractivity contribution in [2.24, 2.45) is 0 Å². The molecule has 0 unspecified atom stereocenters. The van der Waals surface area contributed by atoms with Gasteiger partial charge in [-0.3, -0.25) is 14.4 Å². The van der Waals surface area contributed by atoms with Crippen LogP contribution in [0.15, 0.2) is 60.5 Å². The molecule has 0 spiro atoms. The summed E-state index contributed by atoms with van der Waals surface area (Å²) >= 11 is 5.43. The number of halogens is 1. The van der Waals surface area contributed by atoms with Crippen molar-refractivity contribution in [1.29, 1.82) is 0 Å². The number of pyridine rings is 1. The molecule has 0 aliphatic heterocycles. The highest BCUT2D eigenvalue weighted by atomic mass is 35.5. The smallest absolute Gasteiger partial charge is 0.298 e. The summed E-state index contributed by atoms with van der Waals surface area (Å²) in [6.07, 6.45) is 2.68. The lowest BCUT2D eigenvalue weighted by Crippen LogP contribution is -2.18. The van der Waals surface area contributed by atoms with Crippen LogP contribution in [-0.4, -0.2) is 23.0 Å². The molecule has 1 aromatic carbocycles. The molecular formula is C16H10ClNO4. The Morgan fingerprint density at radius 3 is 2.23 bits per heavy atom. The Labute approximate surface area is 131 Å². The molecule has 1 aliphatic rings. The van der Waals surface area contributed by atoms with E-state index in [0.717, 1.165) is 6.08 Å². The molecule has 0 radical (unpaired) electrons. The molecule has 1 heterocycles. The van der Waals surface area contributed by atoms with Crippen molar-refractivity contribution < 1.29 is 19.1 Å². The molecule has 110 valence electrons. The molecule has 0 fully saturated rings. The second-order valence-corrected chi connectivity index (χ2v) is 4.50. The zero-order valence-electron chi connectivity index (χ0n) is 11.2. The lowest BCUT2D eigenvalue weighted by Gasteiger charge is -2.12. The third-order valence-corrected chi connectivity index (χ3v) is 2.95. The average molecular weight is 316 g/mol. The van der Waals surface area contributed by atoms with Crippen LogP contribution >= 0.6 is 11.6 Å².